The van der Waals surface area contributed by atoms with Gasteiger partial charge in [0.25, 0.3) is 5.56 Å². The normalized spacial score (nSPS) is 11.2. The summed E-state index contributed by atoms with van der Waals surface area (Å²) in [6.07, 6.45) is 1.56. The third kappa shape index (κ3) is 4.38. The zero-order chi connectivity index (χ0) is 24.5. The van der Waals surface area contributed by atoms with Gasteiger partial charge in [0, 0.05) is 16.1 Å². The number of benzene rings is 3. The molecule has 7 nitrogen and oxygen atoms in total. The molecule has 5 aromatic rings. The molecule has 5 rings (SSSR count). The molecular weight excluding hydrogens is 464 g/mol. The van der Waals surface area contributed by atoms with E-state index >= 15 is 0 Å². The lowest BCUT2D eigenvalue weighted by molar-refractivity contribution is -0.116. The second-order valence-electron chi connectivity index (χ2n) is 8.33. The minimum Gasteiger partial charge on any atom is -0.497 e. The molecule has 8 heteroatoms. The van der Waals surface area contributed by atoms with Gasteiger partial charge in [-0.1, -0.05) is 48.0 Å². The van der Waals surface area contributed by atoms with E-state index in [4.69, 9.17) is 16.3 Å². The first-order chi connectivity index (χ1) is 16.9. The number of ether oxygens (including phenoxy) is 1. The highest BCUT2D eigenvalue weighted by Crippen LogP contribution is 2.26. The van der Waals surface area contributed by atoms with Crippen molar-refractivity contribution < 1.29 is 9.53 Å². The van der Waals surface area contributed by atoms with Crippen molar-refractivity contribution in [2.45, 2.75) is 20.0 Å². The molecule has 0 spiro atoms. The number of carbonyl (C=O) groups is 1. The smallest absolute Gasteiger partial charge is 0.278 e. The zero-order valence-corrected chi connectivity index (χ0v) is 20.0. The summed E-state index contributed by atoms with van der Waals surface area (Å²) < 4.78 is 8.50. The van der Waals surface area contributed by atoms with Gasteiger partial charge in [-0.25, -0.2) is 4.98 Å². The number of nitrogens with zero attached hydrogens (tertiary/aromatic N) is 3. The van der Waals surface area contributed by atoms with Crippen LogP contribution in [0.5, 0.6) is 5.75 Å². The fourth-order valence-corrected chi connectivity index (χ4v) is 4.39. The Balaban J connectivity index is 1.56. The Morgan fingerprint density at radius 2 is 1.86 bits per heavy atom. The highest BCUT2D eigenvalue weighted by Gasteiger charge is 2.18. The number of nitrogens with one attached hydrogen (secondary N) is 1. The number of fused-ring (bicyclic) bond motifs is 3. The summed E-state index contributed by atoms with van der Waals surface area (Å²) in [5.74, 6) is 0.485. The van der Waals surface area contributed by atoms with Crippen molar-refractivity contribution in [3.63, 3.8) is 0 Å². The third-order valence-corrected chi connectivity index (χ3v) is 6.26. The molecule has 0 aliphatic heterocycles. The van der Waals surface area contributed by atoms with Gasteiger partial charge in [0.15, 0.2) is 0 Å². The van der Waals surface area contributed by atoms with Crippen molar-refractivity contribution in [3.05, 3.63) is 99.6 Å². The van der Waals surface area contributed by atoms with Crippen LogP contribution in [0.15, 0.2) is 77.9 Å². The molecule has 35 heavy (non-hydrogen) atoms. The first-order valence-electron chi connectivity index (χ1n) is 11.1. The van der Waals surface area contributed by atoms with Gasteiger partial charge >= 0.3 is 0 Å². The van der Waals surface area contributed by atoms with Crippen molar-refractivity contribution in [1.82, 2.24) is 14.1 Å². The standard InChI is InChI=1S/C27H23ClN4O3/c1-17-7-10-19(28)13-22(17)30-24(33)15-32-23-6-4-3-5-21(23)25-26(32)27(34)31(16-29-25)14-18-8-11-20(35-2)12-9-18/h3-13,16H,14-15H2,1-2H3,(H,30,33). The maximum atomic E-state index is 13.6. The van der Waals surface area contributed by atoms with E-state index in [0.717, 1.165) is 27.8 Å². The van der Waals surface area contributed by atoms with Gasteiger partial charge in [0.05, 0.1) is 25.5 Å². The molecule has 0 saturated heterocycles. The highest BCUT2D eigenvalue weighted by atomic mass is 35.5. The minimum absolute atomic E-state index is 0.0422. The first kappa shape index (κ1) is 22.7. The maximum Gasteiger partial charge on any atom is 0.278 e. The lowest BCUT2D eigenvalue weighted by Crippen LogP contribution is -2.25. The summed E-state index contributed by atoms with van der Waals surface area (Å²) in [5, 5.41) is 4.28. The Morgan fingerprint density at radius 3 is 2.63 bits per heavy atom. The Hall–Kier alpha value is -4.10. The summed E-state index contributed by atoms with van der Waals surface area (Å²) in [7, 11) is 1.61. The van der Waals surface area contributed by atoms with Gasteiger partial charge < -0.3 is 14.6 Å². The molecule has 0 atom stereocenters. The molecule has 3 aromatic carbocycles. The fraction of sp³-hybridized carbons (Fsp3) is 0.148. The summed E-state index contributed by atoms with van der Waals surface area (Å²) in [5.41, 5.74) is 3.99. The zero-order valence-electron chi connectivity index (χ0n) is 19.3. The molecule has 0 fully saturated rings. The van der Waals surface area contributed by atoms with Gasteiger partial charge in [0.1, 0.15) is 23.3 Å². The maximum absolute atomic E-state index is 13.6. The largest absolute Gasteiger partial charge is 0.497 e. The molecule has 0 radical (unpaired) electrons. The van der Waals surface area contributed by atoms with E-state index in [1.807, 2.05) is 61.5 Å². The molecule has 0 aliphatic carbocycles. The number of anilines is 1. The number of halogens is 1. The average molecular weight is 487 g/mol. The van der Waals surface area contributed by atoms with Crippen LogP contribution in [-0.2, 0) is 17.9 Å². The van der Waals surface area contributed by atoms with Crippen LogP contribution in [0.1, 0.15) is 11.1 Å². The second kappa shape index (κ2) is 9.27. The molecule has 176 valence electrons. The number of carbonyl (C=O) groups excluding carboxylic acids is 1. The Morgan fingerprint density at radius 1 is 1.09 bits per heavy atom. The lowest BCUT2D eigenvalue weighted by Gasteiger charge is -2.12. The van der Waals surface area contributed by atoms with Crippen molar-refractivity contribution in [1.29, 1.82) is 0 Å². The third-order valence-electron chi connectivity index (χ3n) is 6.02. The summed E-state index contributed by atoms with van der Waals surface area (Å²) >= 11 is 6.11. The number of rotatable bonds is 6. The van der Waals surface area contributed by atoms with Gasteiger partial charge in [-0.05, 0) is 48.4 Å². The van der Waals surface area contributed by atoms with E-state index in [1.54, 1.807) is 34.7 Å². The number of aryl methyl sites for hydroxylation is 1. The molecular formula is C27H23ClN4O3. The molecule has 0 bridgehead atoms. The minimum atomic E-state index is -0.261. The predicted molar refractivity (Wildman–Crippen MR) is 138 cm³/mol. The topological polar surface area (TPSA) is 78.2 Å². The van der Waals surface area contributed by atoms with E-state index in [9.17, 15) is 9.59 Å². The van der Waals surface area contributed by atoms with Gasteiger partial charge in [0.2, 0.25) is 5.91 Å². The van der Waals surface area contributed by atoms with E-state index in [2.05, 4.69) is 10.3 Å². The van der Waals surface area contributed by atoms with Crippen LogP contribution in [0.3, 0.4) is 0 Å². The van der Waals surface area contributed by atoms with Crippen LogP contribution >= 0.6 is 11.6 Å². The fourth-order valence-electron chi connectivity index (χ4n) is 4.22. The van der Waals surface area contributed by atoms with Gasteiger partial charge in [-0.15, -0.1) is 0 Å². The van der Waals surface area contributed by atoms with Gasteiger partial charge in [-0.3, -0.25) is 14.2 Å². The van der Waals surface area contributed by atoms with Crippen LogP contribution < -0.4 is 15.6 Å². The Bertz CT molecular complexity index is 1620. The van der Waals surface area contributed by atoms with Crippen LogP contribution in [0.4, 0.5) is 5.69 Å². The molecule has 1 amide bonds. The van der Waals surface area contributed by atoms with Crippen LogP contribution in [-0.4, -0.2) is 27.1 Å². The summed E-state index contributed by atoms with van der Waals surface area (Å²) in [6.45, 7) is 2.20. The van der Waals surface area contributed by atoms with E-state index in [1.165, 1.54) is 0 Å². The Labute approximate surface area is 206 Å². The van der Waals surface area contributed by atoms with Crippen LogP contribution in [0, 0.1) is 6.92 Å². The number of hydrogen-bond donors (Lipinski definition) is 1. The highest BCUT2D eigenvalue weighted by molar-refractivity contribution is 6.31. The predicted octanol–water partition coefficient (Wildman–Crippen LogP) is 5.01. The average Bonchev–Trinajstić information content (AvgIpc) is 3.17. The summed E-state index contributed by atoms with van der Waals surface area (Å²) in [4.78, 5) is 31.3. The second-order valence-corrected chi connectivity index (χ2v) is 8.77. The number of methoxy groups -OCH3 is 1. The molecule has 2 aromatic heterocycles. The SMILES string of the molecule is COc1ccc(Cn2cnc3c4ccccc4n(CC(=O)Nc4cc(Cl)ccc4C)c3c2=O)cc1. The number of aromatic nitrogens is 3. The summed E-state index contributed by atoms with van der Waals surface area (Å²) in [6, 6.07) is 20.4. The van der Waals surface area contributed by atoms with Crippen molar-refractivity contribution in [2.75, 3.05) is 12.4 Å². The Kier molecular flexibility index (Phi) is 6.01. The van der Waals surface area contributed by atoms with Crippen LogP contribution in [0.2, 0.25) is 5.02 Å². The molecule has 0 saturated carbocycles. The van der Waals surface area contributed by atoms with Crippen molar-refractivity contribution >= 4 is 45.1 Å². The molecule has 2 heterocycles. The molecule has 0 aliphatic rings. The number of amides is 1. The quantitative estimate of drug-likeness (QED) is 0.366. The molecule has 0 unspecified atom stereocenters. The first-order valence-corrected chi connectivity index (χ1v) is 11.5. The van der Waals surface area contributed by atoms with E-state index in [0.29, 0.717) is 28.3 Å². The number of hydrogen-bond acceptors (Lipinski definition) is 4. The van der Waals surface area contributed by atoms with Crippen LogP contribution in [0.25, 0.3) is 21.9 Å². The van der Waals surface area contributed by atoms with E-state index in [-0.39, 0.29) is 18.0 Å². The number of para-hydroxylation sites is 1. The lowest BCUT2D eigenvalue weighted by atomic mass is 10.2. The van der Waals surface area contributed by atoms with Crippen molar-refractivity contribution in [2.24, 2.45) is 0 Å². The van der Waals surface area contributed by atoms with Crippen molar-refractivity contribution in [3.8, 4) is 5.75 Å². The van der Waals surface area contributed by atoms with Gasteiger partial charge in [-0.2, -0.15) is 0 Å². The molecule has 1 N–H and O–H groups in total. The van der Waals surface area contributed by atoms with E-state index < -0.39 is 0 Å². The monoisotopic (exact) mass is 486 g/mol.